The summed E-state index contributed by atoms with van der Waals surface area (Å²) in [6.45, 7) is 2.05. The van der Waals surface area contributed by atoms with Gasteiger partial charge < -0.3 is 10.1 Å². The number of ether oxygens (including phenoxy) is 1. The second kappa shape index (κ2) is 7.79. The van der Waals surface area contributed by atoms with Crippen molar-refractivity contribution in [1.29, 1.82) is 0 Å². The van der Waals surface area contributed by atoms with Gasteiger partial charge in [-0.2, -0.15) is 0 Å². The molecule has 1 heterocycles. The van der Waals surface area contributed by atoms with E-state index in [9.17, 15) is 4.79 Å². The quantitative estimate of drug-likeness (QED) is 0.726. The van der Waals surface area contributed by atoms with Crippen molar-refractivity contribution in [2.45, 2.75) is 13.0 Å². The third kappa shape index (κ3) is 4.24. The summed E-state index contributed by atoms with van der Waals surface area (Å²) in [5.74, 6) is 0.550. The summed E-state index contributed by atoms with van der Waals surface area (Å²) in [6, 6.07) is 21.5. The van der Waals surface area contributed by atoms with E-state index in [-0.39, 0.29) is 18.6 Å². The van der Waals surface area contributed by atoms with E-state index < -0.39 is 0 Å². The highest BCUT2D eigenvalue weighted by molar-refractivity contribution is 7.10. The van der Waals surface area contributed by atoms with Crippen molar-refractivity contribution >= 4 is 17.2 Å². The Morgan fingerprint density at radius 3 is 2.46 bits per heavy atom. The fraction of sp³-hybridized carbons (Fsp3) is 0.150. The smallest absolute Gasteiger partial charge is 0.258 e. The predicted molar refractivity (Wildman–Crippen MR) is 97.4 cm³/mol. The number of hydrogen-bond donors (Lipinski definition) is 1. The zero-order chi connectivity index (χ0) is 16.8. The Kier molecular flexibility index (Phi) is 5.29. The fourth-order valence-corrected chi connectivity index (χ4v) is 3.20. The van der Waals surface area contributed by atoms with Crippen molar-refractivity contribution in [3.63, 3.8) is 0 Å². The number of nitrogens with one attached hydrogen (secondary N) is 1. The first-order valence-electron chi connectivity index (χ1n) is 7.79. The maximum absolute atomic E-state index is 12.3. The average Bonchev–Trinajstić information content (AvgIpc) is 3.14. The summed E-state index contributed by atoms with van der Waals surface area (Å²) >= 11 is 1.63. The maximum Gasteiger partial charge on any atom is 0.258 e. The molecular formula is C20H19NO2S. The number of hydrogen-bond acceptors (Lipinski definition) is 3. The van der Waals surface area contributed by atoms with Crippen LogP contribution in [0.2, 0.25) is 0 Å². The molecule has 3 nitrogen and oxygen atoms in total. The molecule has 122 valence electrons. The lowest BCUT2D eigenvalue weighted by atomic mass is 10.0. The van der Waals surface area contributed by atoms with Gasteiger partial charge in [0.1, 0.15) is 5.75 Å². The number of aryl methyl sites for hydroxylation is 1. The first-order chi connectivity index (χ1) is 11.7. The number of carbonyl (C=O) groups excluding carboxylic acids is 1. The number of thiophene rings is 1. The molecule has 1 N–H and O–H groups in total. The minimum Gasteiger partial charge on any atom is -0.484 e. The zero-order valence-corrected chi connectivity index (χ0v) is 14.3. The van der Waals surface area contributed by atoms with E-state index in [1.807, 2.05) is 47.8 Å². The molecule has 0 saturated carbocycles. The lowest BCUT2D eigenvalue weighted by Crippen LogP contribution is -2.32. The van der Waals surface area contributed by atoms with Gasteiger partial charge in [0.05, 0.1) is 6.04 Å². The molecule has 0 radical (unpaired) electrons. The summed E-state index contributed by atoms with van der Waals surface area (Å²) in [7, 11) is 0. The van der Waals surface area contributed by atoms with E-state index in [0.29, 0.717) is 5.75 Å². The average molecular weight is 337 g/mol. The van der Waals surface area contributed by atoms with E-state index in [1.54, 1.807) is 11.3 Å². The number of para-hydroxylation sites is 1. The zero-order valence-electron chi connectivity index (χ0n) is 13.4. The standard InChI is InChI=1S/C20H19NO2S/c1-15-9-11-16(12-10-15)20(18-8-5-13-24-18)21-19(22)14-23-17-6-3-2-4-7-17/h2-13,20H,14H2,1H3,(H,21,22). The Bertz CT molecular complexity index is 767. The maximum atomic E-state index is 12.3. The second-order valence-electron chi connectivity index (χ2n) is 5.53. The van der Waals surface area contributed by atoms with Crippen LogP contribution >= 0.6 is 11.3 Å². The Hall–Kier alpha value is -2.59. The molecule has 1 aromatic heterocycles. The highest BCUT2D eigenvalue weighted by Gasteiger charge is 2.18. The molecular weight excluding hydrogens is 318 g/mol. The molecule has 0 bridgehead atoms. The molecule has 2 aromatic carbocycles. The van der Waals surface area contributed by atoms with Crippen LogP contribution in [-0.4, -0.2) is 12.5 Å². The van der Waals surface area contributed by atoms with Gasteiger partial charge in [-0.3, -0.25) is 4.79 Å². The number of amides is 1. The summed E-state index contributed by atoms with van der Waals surface area (Å²) in [6.07, 6.45) is 0. The Balaban J connectivity index is 1.70. The molecule has 0 fully saturated rings. The van der Waals surface area contributed by atoms with Gasteiger partial charge in [0, 0.05) is 4.88 Å². The van der Waals surface area contributed by atoms with Gasteiger partial charge >= 0.3 is 0 Å². The third-order valence-corrected chi connectivity index (χ3v) is 4.59. The van der Waals surface area contributed by atoms with Crippen LogP contribution in [0.15, 0.2) is 72.1 Å². The van der Waals surface area contributed by atoms with Gasteiger partial charge in [-0.15, -0.1) is 11.3 Å². The molecule has 1 amide bonds. The van der Waals surface area contributed by atoms with E-state index in [1.165, 1.54) is 5.56 Å². The van der Waals surface area contributed by atoms with Gasteiger partial charge in [0.25, 0.3) is 5.91 Å². The molecule has 0 saturated heterocycles. The first-order valence-corrected chi connectivity index (χ1v) is 8.67. The number of carbonyl (C=O) groups is 1. The van der Waals surface area contributed by atoms with Crippen LogP contribution in [0.4, 0.5) is 0 Å². The van der Waals surface area contributed by atoms with Crippen molar-refractivity contribution < 1.29 is 9.53 Å². The van der Waals surface area contributed by atoms with Gasteiger partial charge in [-0.05, 0) is 36.1 Å². The van der Waals surface area contributed by atoms with Gasteiger partial charge in [-0.1, -0.05) is 54.1 Å². The SMILES string of the molecule is Cc1ccc(C(NC(=O)COc2ccccc2)c2cccs2)cc1. The third-order valence-electron chi connectivity index (χ3n) is 3.66. The molecule has 4 heteroatoms. The Morgan fingerprint density at radius 2 is 1.79 bits per heavy atom. The minimum atomic E-state index is -0.155. The van der Waals surface area contributed by atoms with Crippen LogP contribution in [0, 0.1) is 6.92 Å². The lowest BCUT2D eigenvalue weighted by Gasteiger charge is -2.18. The molecule has 3 aromatic rings. The van der Waals surface area contributed by atoms with Crippen LogP contribution in [0.25, 0.3) is 0 Å². The number of rotatable bonds is 6. The predicted octanol–water partition coefficient (Wildman–Crippen LogP) is 4.34. The minimum absolute atomic E-state index is 0.00223. The molecule has 0 aliphatic heterocycles. The normalized spacial score (nSPS) is 11.7. The van der Waals surface area contributed by atoms with Crippen molar-refractivity contribution in [1.82, 2.24) is 5.32 Å². The lowest BCUT2D eigenvalue weighted by molar-refractivity contribution is -0.123. The van der Waals surface area contributed by atoms with Crippen LogP contribution < -0.4 is 10.1 Å². The van der Waals surface area contributed by atoms with E-state index in [2.05, 4.69) is 36.5 Å². The largest absolute Gasteiger partial charge is 0.484 e. The topological polar surface area (TPSA) is 38.3 Å². The van der Waals surface area contributed by atoms with Crippen LogP contribution in [-0.2, 0) is 4.79 Å². The van der Waals surface area contributed by atoms with Crippen LogP contribution in [0.5, 0.6) is 5.75 Å². The van der Waals surface area contributed by atoms with Crippen LogP contribution in [0.3, 0.4) is 0 Å². The molecule has 3 rings (SSSR count). The van der Waals surface area contributed by atoms with Gasteiger partial charge in [-0.25, -0.2) is 0 Å². The summed E-state index contributed by atoms with van der Waals surface area (Å²) in [5.41, 5.74) is 2.26. The summed E-state index contributed by atoms with van der Waals surface area (Å²) in [4.78, 5) is 13.4. The Labute approximate surface area is 145 Å². The molecule has 1 unspecified atom stereocenters. The van der Waals surface area contributed by atoms with Gasteiger partial charge in [0.2, 0.25) is 0 Å². The summed E-state index contributed by atoms with van der Waals surface area (Å²) < 4.78 is 5.53. The van der Waals surface area contributed by atoms with Crippen LogP contribution in [0.1, 0.15) is 22.0 Å². The van der Waals surface area contributed by atoms with Crippen molar-refractivity contribution in [3.8, 4) is 5.75 Å². The van der Waals surface area contributed by atoms with E-state index in [0.717, 1.165) is 10.4 Å². The highest BCUT2D eigenvalue weighted by Crippen LogP contribution is 2.26. The van der Waals surface area contributed by atoms with Crippen molar-refractivity contribution in [2.24, 2.45) is 0 Å². The molecule has 1 atom stereocenters. The van der Waals surface area contributed by atoms with E-state index in [4.69, 9.17) is 4.74 Å². The Morgan fingerprint density at radius 1 is 1.04 bits per heavy atom. The first kappa shape index (κ1) is 16.3. The molecule has 24 heavy (non-hydrogen) atoms. The molecule has 0 spiro atoms. The van der Waals surface area contributed by atoms with Crippen molar-refractivity contribution in [3.05, 3.63) is 88.1 Å². The van der Waals surface area contributed by atoms with Crippen molar-refractivity contribution in [2.75, 3.05) is 6.61 Å². The van der Waals surface area contributed by atoms with Gasteiger partial charge in [0.15, 0.2) is 6.61 Å². The summed E-state index contributed by atoms with van der Waals surface area (Å²) in [5, 5.41) is 5.09. The monoisotopic (exact) mass is 337 g/mol. The molecule has 0 aliphatic rings. The second-order valence-corrected chi connectivity index (χ2v) is 6.51. The molecule has 0 aliphatic carbocycles. The highest BCUT2D eigenvalue weighted by atomic mass is 32.1. The number of benzene rings is 2. The fourth-order valence-electron chi connectivity index (χ4n) is 2.40. The van der Waals surface area contributed by atoms with E-state index >= 15 is 0 Å².